The number of hydrogen-bond donors (Lipinski definition) is 1. The van der Waals surface area contributed by atoms with Crippen molar-refractivity contribution in [1.82, 2.24) is 10.2 Å². The number of hydrogen-bond acceptors (Lipinski definition) is 5. The summed E-state index contributed by atoms with van der Waals surface area (Å²) < 4.78 is 34.1. The van der Waals surface area contributed by atoms with Crippen LogP contribution in [-0.4, -0.2) is 51.9 Å². The molecule has 0 aliphatic carbocycles. The SMILES string of the molecule is CC[C@@H](C(=O)NC)N(Cc1cccc(OC)c1)C(=O)CN(c1cc(C)cc(C)c1)S(=O)(=O)c1ccccc1. The molecule has 3 rings (SSSR count). The van der Waals surface area contributed by atoms with Crippen molar-refractivity contribution in [2.75, 3.05) is 25.0 Å². The van der Waals surface area contributed by atoms with Crippen LogP contribution in [0, 0.1) is 13.8 Å². The van der Waals surface area contributed by atoms with Crippen LogP contribution in [0.15, 0.2) is 77.7 Å². The Morgan fingerprint density at radius 3 is 2.18 bits per heavy atom. The van der Waals surface area contributed by atoms with Gasteiger partial charge in [-0.15, -0.1) is 0 Å². The summed E-state index contributed by atoms with van der Waals surface area (Å²) in [6.45, 7) is 5.19. The average molecular weight is 538 g/mol. The number of sulfonamides is 1. The second kappa shape index (κ2) is 12.6. The molecule has 0 radical (unpaired) electrons. The Morgan fingerprint density at radius 2 is 1.61 bits per heavy atom. The zero-order chi connectivity index (χ0) is 27.9. The first kappa shape index (κ1) is 28.7. The Bertz CT molecular complexity index is 1360. The van der Waals surface area contributed by atoms with Crippen LogP contribution in [0.1, 0.15) is 30.0 Å². The van der Waals surface area contributed by atoms with Crippen molar-refractivity contribution >= 4 is 27.5 Å². The molecule has 1 N–H and O–H groups in total. The zero-order valence-electron chi connectivity index (χ0n) is 22.5. The van der Waals surface area contributed by atoms with E-state index in [-0.39, 0.29) is 17.3 Å². The largest absolute Gasteiger partial charge is 0.497 e. The molecule has 0 bridgehead atoms. The van der Waals surface area contributed by atoms with Gasteiger partial charge in [0.25, 0.3) is 10.0 Å². The monoisotopic (exact) mass is 537 g/mol. The molecule has 3 aromatic rings. The first-order chi connectivity index (χ1) is 18.1. The molecule has 0 fully saturated rings. The third-order valence-corrected chi connectivity index (χ3v) is 8.01. The maximum Gasteiger partial charge on any atom is 0.264 e. The standard InChI is InChI=1S/C29H35N3O5S/c1-6-27(29(34)30-4)31(19-23-11-10-12-25(18-23)37-5)28(33)20-32(24-16-21(2)15-22(3)17-24)38(35,36)26-13-8-7-9-14-26/h7-18,27H,6,19-20H2,1-5H3,(H,30,34)/t27-/m0/s1. The molecule has 0 aliphatic heterocycles. The fourth-order valence-corrected chi connectivity index (χ4v) is 5.82. The van der Waals surface area contributed by atoms with Gasteiger partial charge in [-0.3, -0.25) is 13.9 Å². The summed E-state index contributed by atoms with van der Waals surface area (Å²) >= 11 is 0. The third kappa shape index (κ3) is 6.72. The molecule has 9 heteroatoms. The van der Waals surface area contributed by atoms with E-state index in [9.17, 15) is 18.0 Å². The molecule has 1 atom stereocenters. The van der Waals surface area contributed by atoms with E-state index in [1.165, 1.54) is 24.1 Å². The molecule has 0 saturated carbocycles. The van der Waals surface area contributed by atoms with Crippen LogP contribution in [0.5, 0.6) is 5.75 Å². The number of anilines is 1. The lowest BCUT2D eigenvalue weighted by Crippen LogP contribution is -2.51. The Balaban J connectivity index is 2.08. The summed E-state index contributed by atoms with van der Waals surface area (Å²) in [5, 5.41) is 2.63. The molecule has 0 saturated heterocycles. The molecule has 0 spiro atoms. The van der Waals surface area contributed by atoms with Crippen LogP contribution in [0.2, 0.25) is 0 Å². The molecule has 38 heavy (non-hydrogen) atoms. The molecule has 0 heterocycles. The fraction of sp³-hybridized carbons (Fsp3) is 0.310. The van der Waals surface area contributed by atoms with E-state index in [0.717, 1.165) is 21.0 Å². The first-order valence-corrected chi connectivity index (χ1v) is 13.8. The summed E-state index contributed by atoms with van der Waals surface area (Å²) in [7, 11) is -1.02. The van der Waals surface area contributed by atoms with E-state index in [2.05, 4.69) is 5.32 Å². The average Bonchev–Trinajstić information content (AvgIpc) is 2.91. The number of nitrogens with one attached hydrogen (secondary N) is 1. The van der Waals surface area contributed by atoms with E-state index in [1.807, 2.05) is 32.9 Å². The third-order valence-electron chi connectivity index (χ3n) is 6.22. The lowest BCUT2D eigenvalue weighted by molar-refractivity contribution is -0.140. The minimum absolute atomic E-state index is 0.0737. The maximum absolute atomic E-state index is 14.0. The van der Waals surface area contributed by atoms with Crippen molar-refractivity contribution in [3.8, 4) is 5.75 Å². The van der Waals surface area contributed by atoms with Crippen molar-refractivity contribution < 1.29 is 22.7 Å². The van der Waals surface area contributed by atoms with Gasteiger partial charge in [0.05, 0.1) is 17.7 Å². The fourth-order valence-electron chi connectivity index (χ4n) is 4.40. The number of likely N-dealkylation sites (N-methyl/N-ethyl adjacent to an activating group) is 1. The summed E-state index contributed by atoms with van der Waals surface area (Å²) in [5.74, 6) is -0.207. The summed E-state index contributed by atoms with van der Waals surface area (Å²) in [6, 6.07) is 19.9. The van der Waals surface area contributed by atoms with E-state index in [4.69, 9.17) is 4.74 Å². The topological polar surface area (TPSA) is 96.0 Å². The van der Waals surface area contributed by atoms with E-state index in [0.29, 0.717) is 17.9 Å². The Hall–Kier alpha value is -3.85. The lowest BCUT2D eigenvalue weighted by atomic mass is 10.1. The minimum atomic E-state index is -4.09. The number of carbonyl (C=O) groups is 2. The van der Waals surface area contributed by atoms with Crippen molar-refractivity contribution in [2.45, 2.75) is 44.7 Å². The smallest absolute Gasteiger partial charge is 0.264 e. The highest BCUT2D eigenvalue weighted by Crippen LogP contribution is 2.27. The number of methoxy groups -OCH3 is 1. The van der Waals surface area contributed by atoms with Crippen molar-refractivity contribution in [1.29, 1.82) is 0 Å². The van der Waals surface area contributed by atoms with Gasteiger partial charge in [0, 0.05) is 13.6 Å². The van der Waals surface area contributed by atoms with Crippen LogP contribution in [0.25, 0.3) is 0 Å². The Morgan fingerprint density at radius 1 is 0.947 bits per heavy atom. The van der Waals surface area contributed by atoms with Gasteiger partial charge >= 0.3 is 0 Å². The van der Waals surface area contributed by atoms with Crippen LogP contribution in [-0.2, 0) is 26.2 Å². The van der Waals surface area contributed by atoms with Gasteiger partial charge in [-0.05, 0) is 73.4 Å². The predicted octanol–water partition coefficient (Wildman–Crippen LogP) is 4.06. The molecular weight excluding hydrogens is 502 g/mol. The summed E-state index contributed by atoms with van der Waals surface area (Å²) in [4.78, 5) is 28.3. The first-order valence-electron chi connectivity index (χ1n) is 12.4. The molecular formula is C29H35N3O5S. The van der Waals surface area contributed by atoms with Gasteiger partial charge < -0.3 is 15.0 Å². The Kier molecular flexibility index (Phi) is 9.52. The summed E-state index contributed by atoms with van der Waals surface area (Å²) in [6.07, 6.45) is 0.352. The number of rotatable bonds is 11. The number of benzene rings is 3. The number of ether oxygens (including phenoxy) is 1. The highest BCUT2D eigenvalue weighted by molar-refractivity contribution is 7.92. The molecule has 8 nitrogen and oxygen atoms in total. The van der Waals surface area contributed by atoms with Crippen LogP contribution in [0.4, 0.5) is 5.69 Å². The quantitative estimate of drug-likeness (QED) is 0.398. The van der Waals surface area contributed by atoms with E-state index < -0.39 is 28.5 Å². The van der Waals surface area contributed by atoms with E-state index in [1.54, 1.807) is 55.6 Å². The molecule has 0 aromatic heterocycles. The van der Waals surface area contributed by atoms with Crippen LogP contribution >= 0.6 is 0 Å². The van der Waals surface area contributed by atoms with Gasteiger partial charge in [0.2, 0.25) is 11.8 Å². The van der Waals surface area contributed by atoms with Crippen LogP contribution < -0.4 is 14.4 Å². The predicted molar refractivity (Wildman–Crippen MR) is 149 cm³/mol. The lowest BCUT2D eigenvalue weighted by Gasteiger charge is -2.33. The second-order valence-electron chi connectivity index (χ2n) is 9.08. The second-order valence-corrected chi connectivity index (χ2v) is 10.9. The van der Waals surface area contributed by atoms with Gasteiger partial charge in [0.1, 0.15) is 18.3 Å². The van der Waals surface area contributed by atoms with E-state index >= 15 is 0 Å². The van der Waals surface area contributed by atoms with Gasteiger partial charge in [-0.2, -0.15) is 0 Å². The van der Waals surface area contributed by atoms with Gasteiger partial charge in [0.15, 0.2) is 0 Å². The van der Waals surface area contributed by atoms with Gasteiger partial charge in [-0.25, -0.2) is 8.42 Å². The van der Waals surface area contributed by atoms with Crippen molar-refractivity contribution in [3.63, 3.8) is 0 Å². The molecule has 202 valence electrons. The molecule has 2 amide bonds. The molecule has 0 aliphatic rings. The zero-order valence-corrected chi connectivity index (χ0v) is 23.3. The summed E-state index contributed by atoms with van der Waals surface area (Å²) in [5.41, 5.74) is 2.87. The highest BCUT2D eigenvalue weighted by atomic mass is 32.2. The molecule has 3 aromatic carbocycles. The number of aryl methyl sites for hydroxylation is 2. The number of nitrogens with zero attached hydrogens (tertiary/aromatic N) is 2. The highest BCUT2D eigenvalue weighted by Gasteiger charge is 2.33. The van der Waals surface area contributed by atoms with Crippen molar-refractivity contribution in [3.05, 3.63) is 89.5 Å². The number of carbonyl (C=O) groups excluding carboxylic acids is 2. The number of amides is 2. The maximum atomic E-state index is 14.0. The normalized spacial score (nSPS) is 11.9. The minimum Gasteiger partial charge on any atom is -0.497 e. The Labute approximate surface area is 225 Å². The van der Waals surface area contributed by atoms with Crippen molar-refractivity contribution in [2.24, 2.45) is 0 Å². The molecule has 0 unspecified atom stereocenters. The van der Waals surface area contributed by atoms with Gasteiger partial charge in [-0.1, -0.05) is 43.3 Å². The van der Waals surface area contributed by atoms with Crippen LogP contribution in [0.3, 0.4) is 0 Å².